The van der Waals surface area contributed by atoms with Gasteiger partial charge >= 0.3 is 6.09 Å². The molecule has 1 rings (SSSR count). The van der Waals surface area contributed by atoms with Gasteiger partial charge in [-0.25, -0.2) is 4.79 Å². The molecule has 4 heteroatoms. The Hall–Kier alpha value is -0.770. The molecule has 0 N–H and O–H groups in total. The van der Waals surface area contributed by atoms with Crippen molar-refractivity contribution in [2.75, 3.05) is 13.2 Å². The summed E-state index contributed by atoms with van der Waals surface area (Å²) in [6.45, 7) is 10.7. The van der Waals surface area contributed by atoms with Gasteiger partial charge in [0.15, 0.2) is 0 Å². The number of morpholine rings is 1. The Balaban J connectivity index is 2.64. The first kappa shape index (κ1) is 12.3. The Bertz CT molecular complexity index is 224. The quantitative estimate of drug-likeness (QED) is 0.620. The van der Waals surface area contributed by atoms with E-state index in [1.807, 2.05) is 34.6 Å². The van der Waals surface area contributed by atoms with E-state index in [2.05, 4.69) is 0 Å². The predicted octanol–water partition coefficient (Wildman–Crippen LogP) is 2.03. The number of nitrogens with zero attached hydrogens (tertiary/aromatic N) is 1. The van der Waals surface area contributed by atoms with Crippen LogP contribution in [0.2, 0.25) is 0 Å². The van der Waals surface area contributed by atoms with Crippen LogP contribution < -0.4 is 0 Å². The highest BCUT2D eigenvalue weighted by Crippen LogP contribution is 2.17. The summed E-state index contributed by atoms with van der Waals surface area (Å²) in [5.41, 5.74) is -0.436. The summed E-state index contributed by atoms with van der Waals surface area (Å²) in [6, 6.07) is 0.173. The maximum Gasteiger partial charge on any atom is 0.410 e. The third-order valence-electron chi connectivity index (χ3n) is 2.27. The lowest BCUT2D eigenvalue weighted by Gasteiger charge is -2.39. The van der Waals surface area contributed by atoms with Crippen LogP contribution in [0.25, 0.3) is 0 Å². The Kier molecular flexibility index (Phi) is 3.60. The summed E-state index contributed by atoms with van der Waals surface area (Å²) in [5, 5.41) is 0. The van der Waals surface area contributed by atoms with Gasteiger partial charge in [-0.3, -0.25) is 4.90 Å². The van der Waals surface area contributed by atoms with Crippen LogP contribution in [0.1, 0.15) is 34.6 Å². The van der Waals surface area contributed by atoms with Gasteiger partial charge in [0.25, 0.3) is 0 Å². The van der Waals surface area contributed by atoms with E-state index in [1.54, 1.807) is 4.90 Å². The van der Waals surface area contributed by atoms with Gasteiger partial charge in [0.1, 0.15) is 5.60 Å². The van der Waals surface area contributed by atoms with Gasteiger partial charge in [-0.1, -0.05) is 0 Å². The highest BCUT2D eigenvalue weighted by Gasteiger charge is 2.32. The average Bonchev–Trinajstić information content (AvgIpc) is 1.99. The van der Waals surface area contributed by atoms with E-state index in [0.717, 1.165) is 0 Å². The van der Waals surface area contributed by atoms with Crippen LogP contribution in [0, 0.1) is 0 Å². The second-order valence-corrected chi connectivity index (χ2v) is 5.12. The summed E-state index contributed by atoms with van der Waals surface area (Å²) < 4.78 is 10.7. The van der Waals surface area contributed by atoms with Crippen molar-refractivity contribution in [3.8, 4) is 0 Å². The summed E-state index contributed by atoms with van der Waals surface area (Å²) in [5.74, 6) is 0. The minimum atomic E-state index is -0.436. The van der Waals surface area contributed by atoms with Crippen LogP contribution in [-0.2, 0) is 9.47 Å². The van der Waals surface area contributed by atoms with E-state index in [-0.39, 0.29) is 18.2 Å². The first-order valence-corrected chi connectivity index (χ1v) is 5.40. The Morgan fingerprint density at radius 2 is 1.73 bits per heavy atom. The fraction of sp³-hybridized carbons (Fsp3) is 0.909. The topological polar surface area (TPSA) is 38.8 Å². The first-order chi connectivity index (χ1) is 6.81. The van der Waals surface area contributed by atoms with Crippen molar-refractivity contribution in [3.63, 3.8) is 0 Å². The number of ether oxygens (including phenoxy) is 2. The Labute approximate surface area is 91.5 Å². The molecule has 0 aromatic rings. The zero-order valence-corrected chi connectivity index (χ0v) is 10.2. The van der Waals surface area contributed by atoms with Crippen LogP contribution in [0.4, 0.5) is 4.79 Å². The molecule has 1 aliphatic rings. The molecule has 1 heterocycles. The van der Waals surface area contributed by atoms with E-state index >= 15 is 0 Å². The molecule has 0 aromatic carbocycles. The molecule has 2 unspecified atom stereocenters. The fourth-order valence-electron chi connectivity index (χ4n) is 1.68. The van der Waals surface area contributed by atoms with Gasteiger partial charge in [0, 0.05) is 0 Å². The van der Waals surface area contributed by atoms with Gasteiger partial charge in [-0.2, -0.15) is 0 Å². The maximum absolute atomic E-state index is 11.9. The van der Waals surface area contributed by atoms with E-state index in [4.69, 9.17) is 9.47 Å². The number of carbonyl (C=O) groups excluding carboxylic acids is 1. The average molecular weight is 215 g/mol. The molecular formula is C11H21NO3. The normalized spacial score (nSPS) is 27.7. The summed E-state index contributed by atoms with van der Waals surface area (Å²) in [4.78, 5) is 13.6. The van der Waals surface area contributed by atoms with Crippen LogP contribution >= 0.6 is 0 Å². The smallest absolute Gasteiger partial charge is 0.410 e. The van der Waals surface area contributed by atoms with E-state index in [0.29, 0.717) is 13.2 Å². The molecule has 0 radical (unpaired) electrons. The third-order valence-corrected chi connectivity index (χ3v) is 2.27. The summed E-state index contributed by atoms with van der Waals surface area (Å²) in [7, 11) is 0. The van der Waals surface area contributed by atoms with Crippen molar-refractivity contribution in [1.82, 2.24) is 4.90 Å². The van der Waals surface area contributed by atoms with E-state index in [1.165, 1.54) is 0 Å². The monoisotopic (exact) mass is 215 g/mol. The second kappa shape index (κ2) is 4.39. The van der Waals surface area contributed by atoms with Crippen molar-refractivity contribution < 1.29 is 14.3 Å². The van der Waals surface area contributed by atoms with Gasteiger partial charge in [-0.05, 0) is 34.6 Å². The van der Waals surface area contributed by atoms with Crippen molar-refractivity contribution in [2.24, 2.45) is 0 Å². The van der Waals surface area contributed by atoms with Crippen LogP contribution in [0.5, 0.6) is 0 Å². The largest absolute Gasteiger partial charge is 0.444 e. The molecule has 2 atom stereocenters. The SMILES string of the molecule is CC1COCC(C)N1C(=O)OC(C)(C)C. The standard InChI is InChI=1S/C11H21NO3/c1-8-6-14-7-9(2)12(8)10(13)15-11(3,4)5/h8-9H,6-7H2,1-5H3. The second-order valence-electron chi connectivity index (χ2n) is 5.12. The Morgan fingerprint density at radius 3 is 2.13 bits per heavy atom. The molecule has 4 nitrogen and oxygen atoms in total. The lowest BCUT2D eigenvalue weighted by molar-refractivity contribution is -0.0515. The molecule has 0 aliphatic carbocycles. The highest BCUT2D eigenvalue weighted by molar-refractivity contribution is 5.69. The van der Waals surface area contributed by atoms with E-state index < -0.39 is 5.60 Å². The van der Waals surface area contributed by atoms with Gasteiger partial charge in [0.2, 0.25) is 0 Å². The van der Waals surface area contributed by atoms with E-state index in [9.17, 15) is 4.79 Å². The number of rotatable bonds is 0. The molecule has 1 fully saturated rings. The zero-order chi connectivity index (χ0) is 11.6. The molecular weight excluding hydrogens is 194 g/mol. The summed E-state index contributed by atoms with van der Waals surface area (Å²) >= 11 is 0. The first-order valence-electron chi connectivity index (χ1n) is 5.40. The molecule has 1 aliphatic heterocycles. The maximum atomic E-state index is 11.9. The fourth-order valence-corrected chi connectivity index (χ4v) is 1.68. The van der Waals surface area contributed by atoms with Crippen molar-refractivity contribution in [2.45, 2.75) is 52.3 Å². The van der Waals surface area contributed by atoms with Crippen molar-refractivity contribution in [3.05, 3.63) is 0 Å². The van der Waals surface area contributed by atoms with Crippen LogP contribution in [0.3, 0.4) is 0 Å². The number of hydrogen-bond acceptors (Lipinski definition) is 3. The molecule has 15 heavy (non-hydrogen) atoms. The predicted molar refractivity (Wildman–Crippen MR) is 57.8 cm³/mol. The Morgan fingerprint density at radius 1 is 1.27 bits per heavy atom. The molecule has 0 spiro atoms. The molecule has 0 bridgehead atoms. The summed E-state index contributed by atoms with van der Waals surface area (Å²) in [6.07, 6.45) is -0.245. The minimum absolute atomic E-state index is 0.0867. The zero-order valence-electron chi connectivity index (χ0n) is 10.2. The minimum Gasteiger partial charge on any atom is -0.444 e. The highest BCUT2D eigenvalue weighted by atomic mass is 16.6. The number of carbonyl (C=O) groups is 1. The van der Waals surface area contributed by atoms with Gasteiger partial charge in [0.05, 0.1) is 25.3 Å². The molecule has 0 aromatic heterocycles. The van der Waals surface area contributed by atoms with Gasteiger partial charge in [-0.15, -0.1) is 0 Å². The molecule has 1 amide bonds. The molecule has 88 valence electrons. The van der Waals surface area contributed by atoms with Crippen molar-refractivity contribution in [1.29, 1.82) is 0 Å². The van der Waals surface area contributed by atoms with Crippen molar-refractivity contribution >= 4 is 6.09 Å². The lowest BCUT2D eigenvalue weighted by Crippen LogP contribution is -2.53. The van der Waals surface area contributed by atoms with Crippen LogP contribution in [-0.4, -0.2) is 41.9 Å². The lowest BCUT2D eigenvalue weighted by atomic mass is 10.2. The molecule has 0 saturated carbocycles. The van der Waals surface area contributed by atoms with Crippen LogP contribution in [0.15, 0.2) is 0 Å². The number of hydrogen-bond donors (Lipinski definition) is 0. The third kappa shape index (κ3) is 3.38. The number of amides is 1. The molecule has 1 saturated heterocycles. The van der Waals surface area contributed by atoms with Gasteiger partial charge < -0.3 is 9.47 Å².